The fourth-order valence-electron chi connectivity index (χ4n) is 1.51. The van der Waals surface area contributed by atoms with Crippen LogP contribution in [-0.4, -0.2) is 14.2 Å². The standard InChI is InChI=1S/C13H15NO3/c1-15-12-6-10(7-13(8-12)16-2)14-9-11-4-3-5-17-11/h3-8,14H,9H2,1-2H3. The molecule has 0 saturated carbocycles. The smallest absolute Gasteiger partial charge is 0.124 e. The Morgan fingerprint density at radius 1 is 1.12 bits per heavy atom. The SMILES string of the molecule is COc1cc(NCc2ccco2)cc(OC)c1. The molecule has 0 aliphatic carbocycles. The van der Waals surface area contributed by atoms with Gasteiger partial charge in [0.1, 0.15) is 17.3 Å². The number of ether oxygens (including phenoxy) is 2. The van der Waals surface area contributed by atoms with E-state index >= 15 is 0 Å². The van der Waals surface area contributed by atoms with E-state index in [1.807, 2.05) is 30.3 Å². The molecule has 0 saturated heterocycles. The molecule has 4 nitrogen and oxygen atoms in total. The Morgan fingerprint density at radius 2 is 1.82 bits per heavy atom. The molecule has 0 aliphatic rings. The first-order chi connectivity index (χ1) is 8.31. The van der Waals surface area contributed by atoms with Gasteiger partial charge in [-0.15, -0.1) is 0 Å². The summed E-state index contributed by atoms with van der Waals surface area (Å²) in [6.07, 6.45) is 1.66. The first-order valence-electron chi connectivity index (χ1n) is 5.31. The Kier molecular flexibility index (Phi) is 3.55. The third-order valence-electron chi connectivity index (χ3n) is 2.40. The lowest BCUT2D eigenvalue weighted by atomic mass is 10.2. The van der Waals surface area contributed by atoms with E-state index in [0.717, 1.165) is 22.9 Å². The van der Waals surface area contributed by atoms with E-state index in [1.54, 1.807) is 20.5 Å². The molecular formula is C13H15NO3. The lowest BCUT2D eigenvalue weighted by Crippen LogP contribution is -1.99. The van der Waals surface area contributed by atoms with E-state index in [4.69, 9.17) is 13.9 Å². The molecule has 17 heavy (non-hydrogen) atoms. The van der Waals surface area contributed by atoms with Crippen molar-refractivity contribution in [2.24, 2.45) is 0 Å². The maximum absolute atomic E-state index is 5.24. The molecule has 1 aromatic carbocycles. The number of rotatable bonds is 5. The van der Waals surface area contributed by atoms with E-state index < -0.39 is 0 Å². The van der Waals surface area contributed by atoms with Gasteiger partial charge in [-0.25, -0.2) is 0 Å². The monoisotopic (exact) mass is 233 g/mol. The lowest BCUT2D eigenvalue weighted by Gasteiger charge is -2.09. The Morgan fingerprint density at radius 3 is 2.35 bits per heavy atom. The highest BCUT2D eigenvalue weighted by Gasteiger charge is 2.02. The van der Waals surface area contributed by atoms with E-state index in [1.165, 1.54) is 0 Å². The van der Waals surface area contributed by atoms with Crippen LogP contribution in [0.3, 0.4) is 0 Å². The molecule has 1 aromatic heterocycles. The summed E-state index contributed by atoms with van der Waals surface area (Å²) < 4.78 is 15.6. The van der Waals surface area contributed by atoms with Crippen molar-refractivity contribution in [1.82, 2.24) is 0 Å². The van der Waals surface area contributed by atoms with Gasteiger partial charge in [0.25, 0.3) is 0 Å². The quantitative estimate of drug-likeness (QED) is 0.862. The molecule has 0 atom stereocenters. The van der Waals surface area contributed by atoms with Gasteiger partial charge in [0.05, 0.1) is 27.0 Å². The zero-order valence-electron chi connectivity index (χ0n) is 9.90. The van der Waals surface area contributed by atoms with Gasteiger partial charge >= 0.3 is 0 Å². The zero-order chi connectivity index (χ0) is 12.1. The zero-order valence-corrected chi connectivity index (χ0v) is 9.90. The summed E-state index contributed by atoms with van der Waals surface area (Å²) in [7, 11) is 3.26. The van der Waals surface area contributed by atoms with Crippen LogP contribution in [0.5, 0.6) is 11.5 Å². The second kappa shape index (κ2) is 5.30. The van der Waals surface area contributed by atoms with Gasteiger partial charge in [-0.3, -0.25) is 0 Å². The van der Waals surface area contributed by atoms with Crippen molar-refractivity contribution < 1.29 is 13.9 Å². The number of methoxy groups -OCH3 is 2. The molecule has 0 unspecified atom stereocenters. The van der Waals surface area contributed by atoms with E-state index in [-0.39, 0.29) is 0 Å². The van der Waals surface area contributed by atoms with Crippen LogP contribution in [0.15, 0.2) is 41.0 Å². The van der Waals surface area contributed by atoms with Crippen molar-refractivity contribution in [2.75, 3.05) is 19.5 Å². The van der Waals surface area contributed by atoms with E-state index in [2.05, 4.69) is 5.32 Å². The van der Waals surface area contributed by atoms with Crippen molar-refractivity contribution in [3.8, 4) is 11.5 Å². The molecule has 2 rings (SSSR count). The van der Waals surface area contributed by atoms with Crippen molar-refractivity contribution in [1.29, 1.82) is 0 Å². The van der Waals surface area contributed by atoms with E-state index in [0.29, 0.717) is 6.54 Å². The third-order valence-corrected chi connectivity index (χ3v) is 2.40. The Labute approximate surface area is 100 Å². The van der Waals surface area contributed by atoms with Crippen LogP contribution in [0.25, 0.3) is 0 Å². The summed E-state index contributed by atoms with van der Waals surface area (Å²) in [6.45, 7) is 0.628. The Balaban J connectivity index is 2.09. The van der Waals surface area contributed by atoms with Crippen LogP contribution in [0.4, 0.5) is 5.69 Å². The number of furan rings is 1. The van der Waals surface area contributed by atoms with Gasteiger partial charge in [0.15, 0.2) is 0 Å². The van der Waals surface area contributed by atoms with Crippen molar-refractivity contribution in [3.05, 3.63) is 42.4 Å². The second-order valence-electron chi connectivity index (χ2n) is 3.53. The first-order valence-corrected chi connectivity index (χ1v) is 5.31. The summed E-state index contributed by atoms with van der Waals surface area (Å²) in [5.41, 5.74) is 0.928. The topological polar surface area (TPSA) is 43.6 Å². The predicted molar refractivity (Wildman–Crippen MR) is 65.6 cm³/mol. The molecule has 4 heteroatoms. The predicted octanol–water partition coefficient (Wildman–Crippen LogP) is 2.91. The first kappa shape index (κ1) is 11.4. The maximum atomic E-state index is 5.24. The number of anilines is 1. The van der Waals surface area contributed by atoms with Crippen LogP contribution in [0.2, 0.25) is 0 Å². The normalized spacial score (nSPS) is 10.0. The molecule has 0 fully saturated rings. The molecule has 2 aromatic rings. The minimum atomic E-state index is 0.628. The molecular weight excluding hydrogens is 218 g/mol. The molecule has 1 N–H and O–H groups in total. The van der Waals surface area contributed by atoms with Crippen LogP contribution in [0.1, 0.15) is 5.76 Å². The average molecular weight is 233 g/mol. The van der Waals surface area contributed by atoms with Crippen LogP contribution in [-0.2, 0) is 6.54 Å². The van der Waals surface area contributed by atoms with Gasteiger partial charge in [-0.1, -0.05) is 0 Å². The van der Waals surface area contributed by atoms with Crippen LogP contribution < -0.4 is 14.8 Å². The summed E-state index contributed by atoms with van der Waals surface area (Å²) in [4.78, 5) is 0. The van der Waals surface area contributed by atoms with Crippen LogP contribution in [0, 0.1) is 0 Å². The largest absolute Gasteiger partial charge is 0.497 e. The van der Waals surface area contributed by atoms with Gasteiger partial charge in [0.2, 0.25) is 0 Å². The summed E-state index contributed by atoms with van der Waals surface area (Å²) in [5, 5.41) is 3.24. The highest BCUT2D eigenvalue weighted by atomic mass is 16.5. The number of benzene rings is 1. The number of hydrogen-bond donors (Lipinski definition) is 1. The fraction of sp³-hybridized carbons (Fsp3) is 0.231. The molecule has 90 valence electrons. The average Bonchev–Trinajstić information content (AvgIpc) is 2.89. The van der Waals surface area contributed by atoms with Crippen molar-refractivity contribution in [3.63, 3.8) is 0 Å². The minimum Gasteiger partial charge on any atom is -0.497 e. The maximum Gasteiger partial charge on any atom is 0.124 e. The lowest BCUT2D eigenvalue weighted by molar-refractivity contribution is 0.394. The molecule has 0 amide bonds. The van der Waals surface area contributed by atoms with Crippen molar-refractivity contribution >= 4 is 5.69 Å². The fourth-order valence-corrected chi connectivity index (χ4v) is 1.51. The molecule has 0 bridgehead atoms. The Bertz CT molecular complexity index is 443. The molecule has 0 spiro atoms. The molecule has 0 radical (unpaired) electrons. The van der Waals surface area contributed by atoms with Gasteiger partial charge in [0, 0.05) is 23.9 Å². The van der Waals surface area contributed by atoms with E-state index in [9.17, 15) is 0 Å². The number of nitrogens with one attached hydrogen (secondary N) is 1. The van der Waals surface area contributed by atoms with Gasteiger partial charge in [-0.05, 0) is 12.1 Å². The summed E-state index contributed by atoms with van der Waals surface area (Å²) in [6, 6.07) is 9.43. The minimum absolute atomic E-state index is 0.628. The Hall–Kier alpha value is -2.10. The van der Waals surface area contributed by atoms with Crippen LogP contribution >= 0.6 is 0 Å². The second-order valence-corrected chi connectivity index (χ2v) is 3.53. The highest BCUT2D eigenvalue weighted by Crippen LogP contribution is 2.26. The third kappa shape index (κ3) is 2.93. The van der Waals surface area contributed by atoms with Gasteiger partial charge in [-0.2, -0.15) is 0 Å². The summed E-state index contributed by atoms with van der Waals surface area (Å²) >= 11 is 0. The highest BCUT2D eigenvalue weighted by molar-refractivity contribution is 5.53. The molecule has 0 aliphatic heterocycles. The molecule has 1 heterocycles. The number of hydrogen-bond acceptors (Lipinski definition) is 4. The van der Waals surface area contributed by atoms with Crippen molar-refractivity contribution in [2.45, 2.75) is 6.54 Å². The summed E-state index contributed by atoms with van der Waals surface area (Å²) in [5.74, 6) is 2.39. The van der Waals surface area contributed by atoms with Gasteiger partial charge < -0.3 is 19.2 Å².